The normalized spacial score (nSPS) is 14.3. The van der Waals surface area contributed by atoms with Crippen molar-refractivity contribution in [2.75, 3.05) is 24.7 Å². The maximum atomic E-state index is 11.8. The Morgan fingerprint density at radius 1 is 1.00 bits per heavy atom. The van der Waals surface area contributed by atoms with Gasteiger partial charge < -0.3 is 31.9 Å². The van der Waals surface area contributed by atoms with Crippen molar-refractivity contribution in [1.82, 2.24) is 16.0 Å². The lowest BCUT2D eigenvalue weighted by molar-refractivity contribution is -0.141. The summed E-state index contributed by atoms with van der Waals surface area (Å²) in [5, 5.41) is 24.3. The first-order valence-corrected chi connectivity index (χ1v) is 7.71. The van der Waals surface area contributed by atoms with E-state index in [0.717, 1.165) is 0 Å². The minimum absolute atomic E-state index is 0.0499. The molecule has 23 heavy (non-hydrogen) atoms. The Labute approximate surface area is 143 Å². The number of thiol groups is 2. The summed E-state index contributed by atoms with van der Waals surface area (Å²) in [6, 6.07) is -3.43. The first-order chi connectivity index (χ1) is 10.8. The summed E-state index contributed by atoms with van der Waals surface area (Å²) in [6.07, 6.45) is 0. The van der Waals surface area contributed by atoms with Crippen LogP contribution >= 0.6 is 25.3 Å². The van der Waals surface area contributed by atoms with E-state index >= 15 is 0 Å². The summed E-state index contributed by atoms with van der Waals surface area (Å²) in [4.78, 5) is 45.5. The van der Waals surface area contributed by atoms with Crippen LogP contribution in [0.25, 0.3) is 0 Å². The smallest absolute Gasteiger partial charge is 0.327 e. The molecule has 0 aliphatic carbocycles. The number of carboxylic acid groups (broad SMARTS) is 1. The van der Waals surface area contributed by atoms with Gasteiger partial charge in [-0.25, -0.2) is 4.79 Å². The summed E-state index contributed by atoms with van der Waals surface area (Å²) < 4.78 is 0. The molecule has 3 unspecified atom stereocenters. The second-order valence-electron chi connectivity index (χ2n) is 4.39. The van der Waals surface area contributed by atoms with Crippen LogP contribution < -0.4 is 21.7 Å². The van der Waals surface area contributed by atoms with E-state index in [1.165, 1.54) is 0 Å². The van der Waals surface area contributed by atoms with Crippen molar-refractivity contribution in [2.24, 2.45) is 5.73 Å². The highest BCUT2D eigenvalue weighted by Crippen LogP contribution is 1.90. The molecule has 0 aliphatic rings. The van der Waals surface area contributed by atoms with E-state index in [1.54, 1.807) is 0 Å². The van der Waals surface area contributed by atoms with E-state index in [4.69, 9.17) is 15.9 Å². The molecule has 0 radical (unpaired) electrons. The predicted octanol–water partition coefficient (Wildman–Crippen LogP) is -3.66. The number of nitrogens with one attached hydrogen (secondary N) is 3. The average molecular weight is 368 g/mol. The number of carbonyl (C=O) groups is 4. The Morgan fingerprint density at radius 3 is 2.04 bits per heavy atom. The SMILES string of the molecule is NC(CS)C(=O)NC(CO)C(=O)NCC(=O)NC(CS)C(=O)O. The van der Waals surface area contributed by atoms with Gasteiger partial charge in [-0.3, -0.25) is 14.4 Å². The summed E-state index contributed by atoms with van der Waals surface area (Å²) >= 11 is 7.60. The van der Waals surface area contributed by atoms with Crippen molar-refractivity contribution < 1.29 is 29.4 Å². The zero-order chi connectivity index (χ0) is 18.0. The number of carbonyl (C=O) groups excluding carboxylic acids is 3. The molecule has 0 bridgehead atoms. The van der Waals surface area contributed by atoms with Crippen molar-refractivity contribution in [3.63, 3.8) is 0 Å². The van der Waals surface area contributed by atoms with E-state index < -0.39 is 55.0 Å². The van der Waals surface area contributed by atoms with Gasteiger partial charge in [0, 0.05) is 11.5 Å². The van der Waals surface area contributed by atoms with Crippen LogP contribution in [0, 0.1) is 0 Å². The Kier molecular flexibility index (Phi) is 10.4. The van der Waals surface area contributed by atoms with Gasteiger partial charge in [-0.1, -0.05) is 0 Å². The number of aliphatic hydroxyl groups is 1. The van der Waals surface area contributed by atoms with Crippen LogP contribution in [-0.4, -0.2) is 76.7 Å². The lowest BCUT2D eigenvalue weighted by atomic mass is 10.2. The van der Waals surface area contributed by atoms with Gasteiger partial charge in [0.05, 0.1) is 19.2 Å². The van der Waals surface area contributed by atoms with E-state index in [2.05, 4.69) is 41.2 Å². The van der Waals surface area contributed by atoms with Crippen LogP contribution in [0.3, 0.4) is 0 Å². The van der Waals surface area contributed by atoms with Crippen molar-refractivity contribution in [3.05, 3.63) is 0 Å². The number of hydrogen-bond donors (Lipinski definition) is 8. The molecule has 10 nitrogen and oxygen atoms in total. The van der Waals surface area contributed by atoms with E-state index in [9.17, 15) is 19.2 Å². The van der Waals surface area contributed by atoms with E-state index in [1.807, 2.05) is 0 Å². The van der Waals surface area contributed by atoms with Gasteiger partial charge in [-0.15, -0.1) is 0 Å². The first-order valence-electron chi connectivity index (χ1n) is 6.45. The molecule has 3 amide bonds. The van der Waals surface area contributed by atoms with Crippen molar-refractivity contribution in [1.29, 1.82) is 0 Å². The van der Waals surface area contributed by atoms with Crippen LogP contribution in [0.4, 0.5) is 0 Å². The lowest BCUT2D eigenvalue weighted by Crippen LogP contribution is -2.55. The van der Waals surface area contributed by atoms with Gasteiger partial charge in [-0.2, -0.15) is 25.3 Å². The molecule has 132 valence electrons. The fraction of sp³-hybridized carbons (Fsp3) is 0.636. The van der Waals surface area contributed by atoms with E-state index in [0.29, 0.717) is 0 Å². The number of rotatable bonds is 10. The monoisotopic (exact) mass is 368 g/mol. The zero-order valence-corrected chi connectivity index (χ0v) is 13.8. The number of aliphatic hydroxyl groups excluding tert-OH is 1. The fourth-order valence-electron chi connectivity index (χ4n) is 1.28. The highest BCUT2D eigenvalue weighted by molar-refractivity contribution is 7.80. The summed E-state index contributed by atoms with van der Waals surface area (Å²) in [5.41, 5.74) is 5.41. The maximum absolute atomic E-state index is 11.8. The average Bonchev–Trinajstić information content (AvgIpc) is 2.53. The number of amides is 3. The highest BCUT2D eigenvalue weighted by Gasteiger charge is 2.23. The molecule has 0 rings (SSSR count). The largest absolute Gasteiger partial charge is 0.480 e. The lowest BCUT2D eigenvalue weighted by Gasteiger charge is -2.18. The molecule has 0 saturated heterocycles. The third kappa shape index (κ3) is 8.06. The summed E-state index contributed by atoms with van der Waals surface area (Å²) in [7, 11) is 0. The number of nitrogens with two attached hydrogens (primary N) is 1. The van der Waals surface area contributed by atoms with Gasteiger partial charge in [0.25, 0.3) is 0 Å². The third-order valence-electron chi connectivity index (χ3n) is 2.59. The molecule has 7 N–H and O–H groups in total. The van der Waals surface area contributed by atoms with Crippen molar-refractivity contribution >= 4 is 48.9 Å². The molecule has 3 atom stereocenters. The molecular weight excluding hydrogens is 348 g/mol. The highest BCUT2D eigenvalue weighted by atomic mass is 32.1. The molecule has 0 saturated carbocycles. The van der Waals surface area contributed by atoms with E-state index in [-0.39, 0.29) is 11.5 Å². The van der Waals surface area contributed by atoms with Gasteiger partial charge >= 0.3 is 5.97 Å². The Balaban J connectivity index is 4.41. The minimum atomic E-state index is -1.29. The number of aliphatic carboxylic acids is 1. The molecule has 0 heterocycles. The van der Waals surface area contributed by atoms with Crippen LogP contribution in [0.5, 0.6) is 0 Å². The summed E-state index contributed by atoms with van der Waals surface area (Å²) in [6.45, 7) is -1.23. The first kappa shape index (κ1) is 21.5. The second kappa shape index (κ2) is 11.1. The number of hydrogen-bond acceptors (Lipinski definition) is 8. The Morgan fingerprint density at radius 2 is 1.61 bits per heavy atom. The van der Waals surface area contributed by atoms with Gasteiger partial charge in [0.1, 0.15) is 12.1 Å². The topological polar surface area (TPSA) is 171 Å². The Hall–Kier alpha value is -1.50. The Bertz CT molecular complexity index is 450. The quantitative estimate of drug-likeness (QED) is 0.184. The fourth-order valence-corrected chi connectivity index (χ4v) is 1.69. The molecule has 12 heteroatoms. The van der Waals surface area contributed by atoms with Crippen molar-refractivity contribution in [2.45, 2.75) is 18.1 Å². The molecular formula is C11H20N4O6S2. The molecule has 0 aromatic carbocycles. The van der Waals surface area contributed by atoms with Crippen LogP contribution in [0.15, 0.2) is 0 Å². The molecule has 0 aromatic rings. The van der Waals surface area contributed by atoms with Crippen LogP contribution in [0.2, 0.25) is 0 Å². The minimum Gasteiger partial charge on any atom is -0.480 e. The molecule has 0 aliphatic heterocycles. The second-order valence-corrected chi connectivity index (χ2v) is 5.12. The third-order valence-corrected chi connectivity index (χ3v) is 3.35. The predicted molar refractivity (Wildman–Crippen MR) is 87.3 cm³/mol. The molecule has 0 aromatic heterocycles. The van der Waals surface area contributed by atoms with Gasteiger partial charge in [0.2, 0.25) is 17.7 Å². The summed E-state index contributed by atoms with van der Waals surface area (Å²) in [5.74, 6) is -3.59. The van der Waals surface area contributed by atoms with Gasteiger partial charge in [-0.05, 0) is 0 Å². The van der Waals surface area contributed by atoms with Gasteiger partial charge in [0.15, 0.2) is 0 Å². The zero-order valence-electron chi connectivity index (χ0n) is 12.1. The number of carboxylic acids is 1. The van der Waals surface area contributed by atoms with Crippen LogP contribution in [0.1, 0.15) is 0 Å². The molecule has 0 fully saturated rings. The van der Waals surface area contributed by atoms with Crippen molar-refractivity contribution in [3.8, 4) is 0 Å². The van der Waals surface area contributed by atoms with Crippen LogP contribution in [-0.2, 0) is 19.2 Å². The maximum Gasteiger partial charge on any atom is 0.327 e. The standard InChI is InChI=1S/C11H20N4O6S2/c12-5(3-22)9(18)15-6(2-16)10(19)13-1-8(17)14-7(4-23)11(20)21/h5-7,16,22-23H,1-4,12H2,(H,13,19)(H,14,17)(H,15,18)(H,20,21). The molecule has 0 spiro atoms.